The maximum atomic E-state index is 11.0. The second kappa shape index (κ2) is 2.59. The summed E-state index contributed by atoms with van der Waals surface area (Å²) in [6.07, 6.45) is 4.14. The first-order valence-electron chi connectivity index (χ1n) is 4.58. The van der Waals surface area contributed by atoms with Gasteiger partial charge in [0, 0.05) is 23.3 Å². The van der Waals surface area contributed by atoms with Crippen molar-refractivity contribution in [1.29, 1.82) is 0 Å². The first-order chi connectivity index (χ1) is 6.48. The Bertz CT molecular complexity index is 333. The Morgan fingerprint density at radius 3 is 2.43 bits per heavy atom. The quantitative estimate of drug-likeness (QED) is 0.491. The molecule has 76 valence electrons. The number of allylic oxidation sites excluding steroid dienone is 2. The predicted octanol–water partition coefficient (Wildman–Crippen LogP) is -1.69. The lowest BCUT2D eigenvalue weighted by atomic mass is 9.70. The van der Waals surface area contributed by atoms with Gasteiger partial charge in [0.25, 0.3) is 0 Å². The maximum Gasteiger partial charge on any atom is 0.0486 e. The topological polar surface area (TPSA) is 80.3 Å². The first-order valence-corrected chi connectivity index (χ1v) is 4.58. The van der Waals surface area contributed by atoms with E-state index < -0.39 is 23.3 Å². The number of hydrogen-bond donors (Lipinski definition) is 0. The van der Waals surface area contributed by atoms with Crippen molar-refractivity contribution in [3.8, 4) is 0 Å². The van der Waals surface area contributed by atoms with Gasteiger partial charge < -0.3 is 19.8 Å². The summed E-state index contributed by atoms with van der Waals surface area (Å²) in [5.74, 6) is -3.94. The van der Waals surface area contributed by atoms with Crippen LogP contribution in [0.4, 0.5) is 0 Å². The summed E-state index contributed by atoms with van der Waals surface area (Å²) in [6, 6.07) is 0. The Morgan fingerprint density at radius 1 is 1.36 bits per heavy atom. The average molecular weight is 194 g/mol. The summed E-state index contributed by atoms with van der Waals surface area (Å²) in [5, 5.41) is 21.9. The molecule has 0 aliphatic heterocycles. The SMILES string of the molecule is C[C@@]1(C(=O)[O-])[C@H]2C=C[C@H](C2)[C@@H]1C(=O)[O-]. The van der Waals surface area contributed by atoms with Crippen molar-refractivity contribution < 1.29 is 19.8 Å². The second-order valence-electron chi connectivity index (χ2n) is 4.26. The van der Waals surface area contributed by atoms with Gasteiger partial charge in [-0.1, -0.05) is 19.1 Å². The molecule has 0 amide bonds. The summed E-state index contributed by atoms with van der Waals surface area (Å²) in [5.41, 5.74) is -1.29. The van der Waals surface area contributed by atoms with Crippen molar-refractivity contribution in [2.45, 2.75) is 13.3 Å². The van der Waals surface area contributed by atoms with Crippen LogP contribution in [0.15, 0.2) is 12.2 Å². The highest BCUT2D eigenvalue weighted by Crippen LogP contribution is 2.55. The van der Waals surface area contributed by atoms with Crippen LogP contribution in [-0.2, 0) is 9.59 Å². The number of aliphatic carboxylic acids is 2. The van der Waals surface area contributed by atoms with E-state index in [4.69, 9.17) is 0 Å². The lowest BCUT2D eigenvalue weighted by Crippen LogP contribution is -2.53. The number of carbonyl (C=O) groups is 2. The lowest BCUT2D eigenvalue weighted by molar-refractivity contribution is -0.335. The Morgan fingerprint density at radius 2 is 2.00 bits per heavy atom. The molecular weight excluding hydrogens is 184 g/mol. The molecule has 0 saturated heterocycles. The standard InChI is InChI=1S/C10H12O4/c1-10(9(13)14)6-3-2-5(4-6)7(10)8(11)12/h2-3,5-7H,4H2,1H3,(H,11,12)(H,13,14)/p-2/t5-,6+,7-,10-/m1/s1. The molecule has 0 spiro atoms. The van der Waals surface area contributed by atoms with E-state index in [1.807, 2.05) is 0 Å². The van der Waals surface area contributed by atoms with E-state index in [0.29, 0.717) is 6.42 Å². The molecule has 0 aromatic rings. The van der Waals surface area contributed by atoms with E-state index in [0.717, 1.165) is 0 Å². The third kappa shape index (κ3) is 0.882. The monoisotopic (exact) mass is 194 g/mol. The van der Waals surface area contributed by atoms with Crippen LogP contribution in [0.5, 0.6) is 0 Å². The molecule has 2 rings (SSSR count). The first kappa shape index (κ1) is 9.24. The number of carboxylic acids is 2. The van der Waals surface area contributed by atoms with Gasteiger partial charge in [-0.15, -0.1) is 0 Å². The molecule has 4 atom stereocenters. The van der Waals surface area contributed by atoms with Gasteiger partial charge in [0.1, 0.15) is 0 Å². The molecule has 2 bridgehead atoms. The molecule has 0 aromatic heterocycles. The Balaban J connectivity index is 2.45. The van der Waals surface area contributed by atoms with Gasteiger partial charge in [0.15, 0.2) is 0 Å². The fourth-order valence-electron chi connectivity index (χ4n) is 2.79. The summed E-state index contributed by atoms with van der Waals surface area (Å²) in [7, 11) is 0. The molecule has 4 nitrogen and oxygen atoms in total. The van der Waals surface area contributed by atoms with Gasteiger partial charge in [-0.25, -0.2) is 0 Å². The highest BCUT2D eigenvalue weighted by molar-refractivity contribution is 5.83. The van der Waals surface area contributed by atoms with E-state index >= 15 is 0 Å². The minimum Gasteiger partial charge on any atom is -0.550 e. The number of carboxylic acid groups (broad SMARTS) is 2. The van der Waals surface area contributed by atoms with Crippen LogP contribution in [0.25, 0.3) is 0 Å². The zero-order valence-corrected chi connectivity index (χ0v) is 7.73. The molecule has 0 aromatic carbocycles. The Labute approximate surface area is 81.2 Å². The van der Waals surface area contributed by atoms with E-state index in [2.05, 4.69) is 0 Å². The highest BCUT2D eigenvalue weighted by Gasteiger charge is 2.54. The smallest absolute Gasteiger partial charge is 0.0486 e. The third-order valence-electron chi connectivity index (χ3n) is 3.65. The Kier molecular flexibility index (Phi) is 1.71. The van der Waals surface area contributed by atoms with Crippen LogP contribution < -0.4 is 10.2 Å². The van der Waals surface area contributed by atoms with E-state index in [1.54, 1.807) is 12.2 Å². The van der Waals surface area contributed by atoms with Gasteiger partial charge in [0.05, 0.1) is 0 Å². The lowest BCUT2D eigenvalue weighted by Gasteiger charge is -2.40. The van der Waals surface area contributed by atoms with Crippen molar-refractivity contribution >= 4 is 11.9 Å². The highest BCUT2D eigenvalue weighted by atomic mass is 16.4. The van der Waals surface area contributed by atoms with Crippen LogP contribution >= 0.6 is 0 Å². The van der Waals surface area contributed by atoms with Gasteiger partial charge >= 0.3 is 0 Å². The van der Waals surface area contributed by atoms with Crippen molar-refractivity contribution in [2.24, 2.45) is 23.2 Å². The minimum atomic E-state index is -1.29. The molecule has 14 heavy (non-hydrogen) atoms. The minimum absolute atomic E-state index is 0.201. The molecule has 2 aliphatic carbocycles. The molecule has 0 radical (unpaired) electrons. The normalized spacial score (nSPS) is 44.2. The summed E-state index contributed by atoms with van der Waals surface area (Å²) >= 11 is 0. The molecule has 1 saturated carbocycles. The average Bonchev–Trinajstić information content (AvgIpc) is 2.61. The van der Waals surface area contributed by atoms with Gasteiger partial charge in [-0.2, -0.15) is 0 Å². The van der Waals surface area contributed by atoms with Crippen LogP contribution in [0.3, 0.4) is 0 Å². The van der Waals surface area contributed by atoms with Crippen molar-refractivity contribution in [3.63, 3.8) is 0 Å². The number of hydrogen-bond acceptors (Lipinski definition) is 4. The molecule has 1 fully saturated rings. The van der Waals surface area contributed by atoms with Gasteiger partial charge in [0.2, 0.25) is 0 Å². The Hall–Kier alpha value is -1.32. The molecule has 0 unspecified atom stereocenters. The van der Waals surface area contributed by atoms with Crippen LogP contribution in [0.1, 0.15) is 13.3 Å². The van der Waals surface area contributed by atoms with Crippen molar-refractivity contribution in [1.82, 2.24) is 0 Å². The largest absolute Gasteiger partial charge is 0.550 e. The number of rotatable bonds is 2. The summed E-state index contributed by atoms with van der Waals surface area (Å²) in [4.78, 5) is 21.9. The van der Waals surface area contributed by atoms with Crippen LogP contribution in [-0.4, -0.2) is 11.9 Å². The van der Waals surface area contributed by atoms with E-state index in [1.165, 1.54) is 6.92 Å². The summed E-state index contributed by atoms with van der Waals surface area (Å²) < 4.78 is 0. The molecule has 0 heterocycles. The number of fused-ring (bicyclic) bond motifs is 2. The van der Waals surface area contributed by atoms with E-state index in [9.17, 15) is 19.8 Å². The second-order valence-corrected chi connectivity index (χ2v) is 4.26. The molecule has 0 N–H and O–H groups in total. The van der Waals surface area contributed by atoms with Gasteiger partial charge in [-0.3, -0.25) is 0 Å². The summed E-state index contributed by atoms with van der Waals surface area (Å²) in [6.45, 7) is 1.44. The zero-order valence-electron chi connectivity index (χ0n) is 7.73. The molecule has 4 heteroatoms. The van der Waals surface area contributed by atoms with E-state index in [-0.39, 0.29) is 11.8 Å². The van der Waals surface area contributed by atoms with Crippen LogP contribution in [0.2, 0.25) is 0 Å². The van der Waals surface area contributed by atoms with Crippen molar-refractivity contribution in [2.75, 3.05) is 0 Å². The molecular formula is C10H10O4-2. The maximum absolute atomic E-state index is 11.0. The zero-order chi connectivity index (χ0) is 10.5. The fourth-order valence-corrected chi connectivity index (χ4v) is 2.79. The van der Waals surface area contributed by atoms with Crippen LogP contribution in [0, 0.1) is 23.2 Å². The number of carbonyl (C=O) groups excluding carboxylic acids is 2. The van der Waals surface area contributed by atoms with Gasteiger partial charge in [-0.05, 0) is 18.3 Å². The predicted molar refractivity (Wildman–Crippen MR) is 42.3 cm³/mol. The third-order valence-corrected chi connectivity index (χ3v) is 3.65. The molecule has 2 aliphatic rings. The fraction of sp³-hybridized carbons (Fsp3) is 0.600. The van der Waals surface area contributed by atoms with Crippen molar-refractivity contribution in [3.05, 3.63) is 12.2 Å².